The van der Waals surface area contributed by atoms with Crippen molar-refractivity contribution in [1.29, 1.82) is 0 Å². The second kappa shape index (κ2) is 11.1. The first-order valence-corrected chi connectivity index (χ1v) is 11.9. The zero-order chi connectivity index (χ0) is 23.0. The minimum Gasteiger partial charge on any atom is -0.490 e. The van der Waals surface area contributed by atoms with E-state index < -0.39 is 0 Å². The van der Waals surface area contributed by atoms with Crippen molar-refractivity contribution in [3.63, 3.8) is 0 Å². The minimum atomic E-state index is 0.0462. The molecule has 6 nitrogen and oxygen atoms in total. The van der Waals surface area contributed by atoms with Crippen LogP contribution in [0.25, 0.3) is 10.9 Å². The van der Waals surface area contributed by atoms with Crippen LogP contribution in [0.5, 0.6) is 11.5 Å². The van der Waals surface area contributed by atoms with Crippen LogP contribution in [0.15, 0.2) is 54.7 Å². The molecule has 0 saturated carbocycles. The predicted molar refractivity (Wildman–Crippen MR) is 131 cm³/mol. The molecular weight excluding hydrogens is 414 g/mol. The van der Waals surface area contributed by atoms with E-state index in [0.29, 0.717) is 43.4 Å². The lowest BCUT2D eigenvalue weighted by Crippen LogP contribution is -2.48. The normalized spacial score (nSPS) is 14.4. The first-order valence-electron chi connectivity index (χ1n) is 11.9. The monoisotopic (exact) mass is 447 g/mol. The van der Waals surface area contributed by atoms with Crippen molar-refractivity contribution in [3.8, 4) is 11.5 Å². The van der Waals surface area contributed by atoms with Gasteiger partial charge < -0.3 is 14.4 Å². The standard InChI is InChI=1S/C27H33N3O3/c1-3-17-32-24-11-10-22(19-25(24)33-18-4-2)27(31)30-15-13-29(14-16-30)20-23-8-5-7-21-9-6-12-28-26(21)23/h5-12,19H,3-4,13-18,20H2,1-2H3. The summed E-state index contributed by atoms with van der Waals surface area (Å²) in [6.07, 6.45) is 3.67. The molecule has 0 bridgehead atoms. The van der Waals surface area contributed by atoms with E-state index in [4.69, 9.17) is 9.47 Å². The molecule has 1 aliphatic heterocycles. The molecule has 0 unspecified atom stereocenters. The number of rotatable bonds is 9. The largest absolute Gasteiger partial charge is 0.490 e. The van der Waals surface area contributed by atoms with Crippen molar-refractivity contribution in [1.82, 2.24) is 14.8 Å². The minimum absolute atomic E-state index is 0.0462. The fourth-order valence-corrected chi connectivity index (χ4v) is 4.12. The highest BCUT2D eigenvalue weighted by Gasteiger charge is 2.23. The molecule has 2 heterocycles. The summed E-state index contributed by atoms with van der Waals surface area (Å²) in [5.74, 6) is 1.40. The Labute approximate surface area is 196 Å². The summed E-state index contributed by atoms with van der Waals surface area (Å²) in [5, 5.41) is 1.16. The van der Waals surface area contributed by atoms with E-state index in [0.717, 1.165) is 43.4 Å². The smallest absolute Gasteiger partial charge is 0.254 e. The van der Waals surface area contributed by atoms with Crippen LogP contribution in [0.3, 0.4) is 0 Å². The van der Waals surface area contributed by atoms with Gasteiger partial charge in [-0.1, -0.05) is 38.1 Å². The second-order valence-corrected chi connectivity index (χ2v) is 8.42. The van der Waals surface area contributed by atoms with E-state index in [9.17, 15) is 4.79 Å². The van der Waals surface area contributed by atoms with Crippen molar-refractivity contribution in [3.05, 3.63) is 65.9 Å². The van der Waals surface area contributed by atoms with Gasteiger partial charge in [0, 0.05) is 49.9 Å². The molecule has 33 heavy (non-hydrogen) atoms. The number of aromatic nitrogens is 1. The number of nitrogens with zero attached hydrogens (tertiary/aromatic N) is 3. The summed E-state index contributed by atoms with van der Waals surface area (Å²) >= 11 is 0. The van der Waals surface area contributed by atoms with Gasteiger partial charge in [-0.2, -0.15) is 0 Å². The zero-order valence-electron chi connectivity index (χ0n) is 19.6. The first-order chi connectivity index (χ1) is 16.2. The Bertz CT molecular complexity index is 1070. The van der Waals surface area contributed by atoms with Crippen LogP contribution in [0.1, 0.15) is 42.6 Å². The number of fused-ring (bicyclic) bond motifs is 1. The lowest BCUT2D eigenvalue weighted by molar-refractivity contribution is 0.0628. The summed E-state index contributed by atoms with van der Waals surface area (Å²) < 4.78 is 11.7. The van der Waals surface area contributed by atoms with E-state index in [1.165, 1.54) is 5.56 Å². The first kappa shape index (κ1) is 23.1. The third kappa shape index (κ3) is 5.63. The lowest BCUT2D eigenvalue weighted by Gasteiger charge is -2.35. The maximum atomic E-state index is 13.2. The Morgan fingerprint density at radius 2 is 1.64 bits per heavy atom. The van der Waals surface area contributed by atoms with Gasteiger partial charge in [-0.25, -0.2) is 0 Å². The number of benzene rings is 2. The summed E-state index contributed by atoms with van der Waals surface area (Å²) in [5.41, 5.74) is 2.94. The fraction of sp³-hybridized carbons (Fsp3) is 0.407. The molecule has 1 amide bonds. The Balaban J connectivity index is 1.39. The van der Waals surface area contributed by atoms with Gasteiger partial charge in [0.1, 0.15) is 0 Å². The molecule has 1 saturated heterocycles. The van der Waals surface area contributed by atoms with Crippen LogP contribution < -0.4 is 9.47 Å². The number of ether oxygens (including phenoxy) is 2. The van der Waals surface area contributed by atoms with Gasteiger partial charge in [-0.15, -0.1) is 0 Å². The van der Waals surface area contributed by atoms with Crippen molar-refractivity contribution < 1.29 is 14.3 Å². The van der Waals surface area contributed by atoms with Crippen LogP contribution in [-0.2, 0) is 6.54 Å². The van der Waals surface area contributed by atoms with Crippen LogP contribution in [0.4, 0.5) is 0 Å². The summed E-state index contributed by atoms with van der Waals surface area (Å²) in [7, 11) is 0. The van der Waals surface area contributed by atoms with Gasteiger partial charge in [-0.3, -0.25) is 14.7 Å². The van der Waals surface area contributed by atoms with Crippen molar-refractivity contribution >= 4 is 16.8 Å². The molecule has 0 atom stereocenters. The van der Waals surface area contributed by atoms with Crippen LogP contribution in [-0.4, -0.2) is 60.1 Å². The number of carbonyl (C=O) groups excluding carboxylic acids is 1. The highest BCUT2D eigenvalue weighted by molar-refractivity contribution is 5.95. The second-order valence-electron chi connectivity index (χ2n) is 8.42. The molecule has 3 aromatic rings. The number of pyridine rings is 1. The SMILES string of the molecule is CCCOc1ccc(C(=O)N2CCN(Cc3cccc4cccnc34)CC2)cc1OCCC. The van der Waals surface area contributed by atoms with E-state index in [1.54, 1.807) is 0 Å². The van der Waals surface area contributed by atoms with Crippen LogP contribution in [0, 0.1) is 0 Å². The van der Waals surface area contributed by atoms with Gasteiger partial charge in [0.05, 0.1) is 18.7 Å². The Hall–Kier alpha value is -3.12. The van der Waals surface area contributed by atoms with Crippen molar-refractivity contribution in [2.45, 2.75) is 33.2 Å². The maximum Gasteiger partial charge on any atom is 0.254 e. The Morgan fingerprint density at radius 3 is 2.39 bits per heavy atom. The van der Waals surface area contributed by atoms with E-state index in [-0.39, 0.29) is 5.91 Å². The average Bonchev–Trinajstić information content (AvgIpc) is 2.86. The van der Waals surface area contributed by atoms with Gasteiger partial charge in [0.25, 0.3) is 5.91 Å². The molecule has 6 heteroatoms. The summed E-state index contributed by atoms with van der Waals surface area (Å²) in [4.78, 5) is 22.1. The molecule has 1 fully saturated rings. The molecule has 0 radical (unpaired) electrons. The molecule has 174 valence electrons. The zero-order valence-corrected chi connectivity index (χ0v) is 19.6. The molecular formula is C27H33N3O3. The molecule has 1 aliphatic rings. The highest BCUT2D eigenvalue weighted by atomic mass is 16.5. The fourth-order valence-electron chi connectivity index (χ4n) is 4.12. The van der Waals surface area contributed by atoms with E-state index in [1.807, 2.05) is 35.4 Å². The Morgan fingerprint density at radius 1 is 0.909 bits per heavy atom. The van der Waals surface area contributed by atoms with E-state index in [2.05, 4.69) is 48.0 Å². The predicted octanol–water partition coefficient (Wildman–Crippen LogP) is 4.77. The lowest BCUT2D eigenvalue weighted by atomic mass is 10.1. The van der Waals surface area contributed by atoms with Gasteiger partial charge in [0.15, 0.2) is 11.5 Å². The number of amides is 1. The van der Waals surface area contributed by atoms with E-state index >= 15 is 0 Å². The quantitative estimate of drug-likeness (QED) is 0.473. The van der Waals surface area contributed by atoms with Crippen molar-refractivity contribution in [2.24, 2.45) is 0 Å². The molecule has 4 rings (SSSR count). The summed E-state index contributed by atoms with van der Waals surface area (Å²) in [6, 6.07) is 15.9. The number of hydrogen-bond acceptors (Lipinski definition) is 5. The number of para-hydroxylation sites is 1. The Kier molecular flexibility index (Phi) is 7.79. The molecule has 0 spiro atoms. The molecule has 1 aromatic heterocycles. The number of piperazine rings is 1. The maximum absolute atomic E-state index is 13.2. The van der Waals surface area contributed by atoms with Crippen molar-refractivity contribution in [2.75, 3.05) is 39.4 Å². The van der Waals surface area contributed by atoms with Crippen LogP contribution in [0.2, 0.25) is 0 Å². The van der Waals surface area contributed by atoms with Gasteiger partial charge in [-0.05, 0) is 42.7 Å². The van der Waals surface area contributed by atoms with Crippen LogP contribution >= 0.6 is 0 Å². The summed E-state index contributed by atoms with van der Waals surface area (Å²) in [6.45, 7) is 9.29. The van der Waals surface area contributed by atoms with Gasteiger partial charge >= 0.3 is 0 Å². The topological polar surface area (TPSA) is 54.9 Å². The average molecular weight is 448 g/mol. The number of hydrogen-bond donors (Lipinski definition) is 0. The number of carbonyl (C=O) groups is 1. The highest BCUT2D eigenvalue weighted by Crippen LogP contribution is 2.29. The molecule has 0 aliphatic carbocycles. The van der Waals surface area contributed by atoms with Gasteiger partial charge in [0.2, 0.25) is 0 Å². The third-order valence-corrected chi connectivity index (χ3v) is 5.88. The molecule has 2 aromatic carbocycles. The molecule has 0 N–H and O–H groups in total. The third-order valence-electron chi connectivity index (χ3n) is 5.88.